The summed E-state index contributed by atoms with van der Waals surface area (Å²) in [4.78, 5) is 26.3. The van der Waals surface area contributed by atoms with Crippen LogP contribution in [0.3, 0.4) is 0 Å². The van der Waals surface area contributed by atoms with Crippen LogP contribution in [0, 0.1) is 0 Å². The quantitative estimate of drug-likeness (QED) is 0.171. The molecule has 4 rings (SSSR count). The predicted octanol–water partition coefficient (Wildman–Crippen LogP) is 6.55. The van der Waals surface area contributed by atoms with Crippen molar-refractivity contribution in [3.05, 3.63) is 111 Å². The molecule has 1 aromatic heterocycles. The molecule has 36 heavy (non-hydrogen) atoms. The van der Waals surface area contributed by atoms with Crippen LogP contribution in [0.25, 0.3) is 35.3 Å². The van der Waals surface area contributed by atoms with Gasteiger partial charge in [0.15, 0.2) is 0 Å². The fourth-order valence-corrected chi connectivity index (χ4v) is 4.03. The molecule has 0 radical (unpaired) electrons. The van der Waals surface area contributed by atoms with Crippen LogP contribution in [0.15, 0.2) is 75.9 Å². The second-order valence-corrected chi connectivity index (χ2v) is 8.66. The van der Waals surface area contributed by atoms with Gasteiger partial charge in [-0.15, -0.1) is 0 Å². The second kappa shape index (κ2) is 10.9. The molecule has 0 fully saturated rings. The fraction of sp³-hybridized carbons (Fsp3) is 0.161. The van der Waals surface area contributed by atoms with Crippen LogP contribution < -0.4 is 10.5 Å². The van der Waals surface area contributed by atoms with Gasteiger partial charge in [-0.25, -0.2) is 9.59 Å². The number of carbonyl (C=O) groups is 1. The minimum absolute atomic E-state index is 0.329. The van der Waals surface area contributed by atoms with Crippen molar-refractivity contribution in [1.82, 2.24) is 0 Å². The average molecular weight is 480 g/mol. The molecule has 5 nitrogen and oxygen atoms in total. The van der Waals surface area contributed by atoms with Gasteiger partial charge in [0.2, 0.25) is 0 Å². The largest absolute Gasteiger partial charge is 0.465 e. The van der Waals surface area contributed by atoms with Crippen molar-refractivity contribution in [2.75, 3.05) is 26.1 Å². The van der Waals surface area contributed by atoms with Crippen molar-refractivity contribution in [3.63, 3.8) is 0 Å². The summed E-state index contributed by atoms with van der Waals surface area (Å²) in [5, 5.41) is 0.961. The van der Waals surface area contributed by atoms with Crippen LogP contribution in [0.2, 0.25) is 0 Å². The third kappa shape index (κ3) is 5.47. The van der Waals surface area contributed by atoms with E-state index in [0.29, 0.717) is 16.7 Å². The first-order chi connectivity index (χ1) is 17.4. The molecule has 0 aliphatic heterocycles. The zero-order valence-electron chi connectivity index (χ0n) is 20.9. The van der Waals surface area contributed by atoms with Gasteiger partial charge in [-0.2, -0.15) is 0 Å². The molecule has 1 heterocycles. The van der Waals surface area contributed by atoms with Crippen LogP contribution in [0.5, 0.6) is 0 Å². The van der Waals surface area contributed by atoms with Gasteiger partial charge in [-0.05, 0) is 59.0 Å². The van der Waals surface area contributed by atoms with Crippen molar-refractivity contribution < 1.29 is 13.9 Å². The van der Waals surface area contributed by atoms with E-state index in [1.165, 1.54) is 7.11 Å². The number of fused-ring (bicyclic) bond motifs is 1. The normalized spacial score (nSPS) is 11.4. The van der Waals surface area contributed by atoms with E-state index in [1.807, 2.05) is 97.9 Å². The molecule has 4 aromatic rings. The molecule has 0 spiro atoms. The molecule has 0 aliphatic carbocycles. The van der Waals surface area contributed by atoms with Gasteiger partial charge in [0.25, 0.3) is 0 Å². The number of ether oxygens (including phenoxy) is 1. The van der Waals surface area contributed by atoms with Crippen LogP contribution in [-0.4, -0.2) is 27.2 Å². The van der Waals surface area contributed by atoms with Crippen molar-refractivity contribution in [1.29, 1.82) is 0 Å². The molecule has 0 N–H and O–H groups in total. The number of hydrogen-bond acceptors (Lipinski definition) is 5. The average Bonchev–Trinajstić information content (AvgIpc) is 2.90. The smallest absolute Gasteiger partial charge is 0.343 e. The SMILES string of the molecule is CCc1c(/C=C/c2ccc(/C=C/c3ccc(C(=O)OC)cc3)cc2)c(=O)oc2cc(N(C)C)ccc12. The summed E-state index contributed by atoms with van der Waals surface area (Å²) in [6, 6.07) is 21.3. The van der Waals surface area contributed by atoms with E-state index in [0.717, 1.165) is 39.7 Å². The Bertz CT molecular complexity index is 1490. The van der Waals surface area contributed by atoms with Crippen molar-refractivity contribution in [2.24, 2.45) is 0 Å². The van der Waals surface area contributed by atoms with Crippen molar-refractivity contribution in [3.8, 4) is 0 Å². The van der Waals surface area contributed by atoms with Crippen molar-refractivity contribution in [2.45, 2.75) is 13.3 Å². The van der Waals surface area contributed by atoms with Gasteiger partial charge < -0.3 is 14.1 Å². The van der Waals surface area contributed by atoms with Gasteiger partial charge >= 0.3 is 11.6 Å². The van der Waals surface area contributed by atoms with Gasteiger partial charge in [-0.3, -0.25) is 0 Å². The molecule has 0 saturated heterocycles. The van der Waals surface area contributed by atoms with E-state index in [9.17, 15) is 9.59 Å². The molecule has 0 bridgehead atoms. The molecular formula is C31H29NO4. The summed E-state index contributed by atoms with van der Waals surface area (Å²) in [6.45, 7) is 2.05. The molecule has 0 aliphatic rings. The Morgan fingerprint density at radius 3 is 1.94 bits per heavy atom. The standard InChI is InChI=1S/C31H29NO4/c1-5-26-27-19-17-25(32(2)3)20-29(27)36-31(34)28(26)18-14-22-9-6-21(7-10-22)8-11-23-12-15-24(16-13-23)30(33)35-4/h6-20H,5H2,1-4H3/b11-8+,18-14+. The first-order valence-electron chi connectivity index (χ1n) is 11.8. The highest BCUT2D eigenvalue weighted by Gasteiger charge is 2.12. The lowest BCUT2D eigenvalue weighted by Gasteiger charge is -2.14. The monoisotopic (exact) mass is 479 g/mol. The third-order valence-corrected chi connectivity index (χ3v) is 6.09. The van der Waals surface area contributed by atoms with Crippen LogP contribution in [0.1, 0.15) is 45.1 Å². The van der Waals surface area contributed by atoms with E-state index >= 15 is 0 Å². The van der Waals surface area contributed by atoms with E-state index in [2.05, 4.69) is 6.92 Å². The third-order valence-electron chi connectivity index (χ3n) is 6.09. The summed E-state index contributed by atoms with van der Waals surface area (Å²) in [5.74, 6) is -0.347. The zero-order valence-corrected chi connectivity index (χ0v) is 20.9. The highest BCUT2D eigenvalue weighted by Crippen LogP contribution is 2.26. The van der Waals surface area contributed by atoms with E-state index in [4.69, 9.17) is 9.15 Å². The molecule has 0 amide bonds. The van der Waals surface area contributed by atoms with Crippen LogP contribution >= 0.6 is 0 Å². The maximum absolute atomic E-state index is 12.8. The minimum Gasteiger partial charge on any atom is -0.465 e. The zero-order chi connectivity index (χ0) is 25.7. The minimum atomic E-state index is -0.347. The van der Waals surface area contributed by atoms with Crippen molar-refractivity contribution >= 4 is 46.9 Å². The lowest BCUT2D eigenvalue weighted by molar-refractivity contribution is 0.0600. The summed E-state index contributed by atoms with van der Waals surface area (Å²) < 4.78 is 10.4. The summed E-state index contributed by atoms with van der Waals surface area (Å²) in [5.41, 5.74) is 6.38. The van der Waals surface area contributed by atoms with Crippen LogP contribution in [-0.2, 0) is 11.2 Å². The lowest BCUT2D eigenvalue weighted by Crippen LogP contribution is -2.10. The molecule has 0 saturated carbocycles. The van der Waals surface area contributed by atoms with Gasteiger partial charge in [0, 0.05) is 31.2 Å². The number of methoxy groups -OCH3 is 1. The molecule has 5 heteroatoms. The second-order valence-electron chi connectivity index (χ2n) is 8.66. The lowest BCUT2D eigenvalue weighted by atomic mass is 10.0. The Balaban J connectivity index is 1.53. The Morgan fingerprint density at radius 1 is 0.861 bits per heavy atom. The number of aryl methyl sites for hydroxylation is 1. The maximum atomic E-state index is 12.8. The molecule has 0 unspecified atom stereocenters. The molecular weight excluding hydrogens is 450 g/mol. The van der Waals surface area contributed by atoms with E-state index in [1.54, 1.807) is 12.1 Å². The number of esters is 1. The van der Waals surface area contributed by atoms with Gasteiger partial charge in [-0.1, -0.05) is 61.5 Å². The Hall–Kier alpha value is -4.38. The predicted molar refractivity (Wildman–Crippen MR) is 148 cm³/mol. The summed E-state index contributed by atoms with van der Waals surface area (Å²) in [6.07, 6.45) is 8.51. The van der Waals surface area contributed by atoms with E-state index in [-0.39, 0.29) is 11.6 Å². The molecule has 0 atom stereocenters. The number of carbonyl (C=O) groups excluding carboxylic acids is 1. The number of nitrogens with zero attached hydrogens (tertiary/aromatic N) is 1. The van der Waals surface area contributed by atoms with E-state index < -0.39 is 0 Å². The number of hydrogen-bond donors (Lipinski definition) is 0. The Labute approximate surface area is 210 Å². The first-order valence-corrected chi connectivity index (χ1v) is 11.8. The number of rotatable bonds is 7. The maximum Gasteiger partial charge on any atom is 0.343 e. The Kier molecular flexibility index (Phi) is 7.50. The Morgan fingerprint density at radius 2 is 1.42 bits per heavy atom. The molecule has 182 valence electrons. The summed E-state index contributed by atoms with van der Waals surface area (Å²) in [7, 11) is 5.29. The highest BCUT2D eigenvalue weighted by atomic mass is 16.5. The highest BCUT2D eigenvalue weighted by molar-refractivity contribution is 5.90. The summed E-state index contributed by atoms with van der Waals surface area (Å²) >= 11 is 0. The van der Waals surface area contributed by atoms with Gasteiger partial charge in [0.1, 0.15) is 5.58 Å². The molecule has 3 aromatic carbocycles. The van der Waals surface area contributed by atoms with Gasteiger partial charge in [0.05, 0.1) is 18.2 Å². The first kappa shape index (κ1) is 24.7. The topological polar surface area (TPSA) is 59.8 Å². The van der Waals surface area contributed by atoms with Crippen LogP contribution in [0.4, 0.5) is 5.69 Å². The fourth-order valence-electron chi connectivity index (χ4n) is 4.03. The number of anilines is 1. The number of benzene rings is 3.